The zero-order chi connectivity index (χ0) is 11.6. The van der Waals surface area contributed by atoms with Gasteiger partial charge in [0.15, 0.2) is 5.78 Å². The molecule has 0 radical (unpaired) electrons. The Balaban J connectivity index is 2.62. The number of carbonyl (C=O) groups excluding carboxylic acids is 4. The summed E-state index contributed by atoms with van der Waals surface area (Å²) in [5.74, 6) is -2.14. The van der Waals surface area contributed by atoms with Gasteiger partial charge in [0.25, 0.3) is 0 Å². The molecule has 2 amide bonds. The van der Waals surface area contributed by atoms with Crippen LogP contribution in [0.1, 0.15) is 19.8 Å². The van der Waals surface area contributed by atoms with Crippen LogP contribution in [0.25, 0.3) is 0 Å². The molecule has 6 heteroatoms. The molecule has 1 atom stereocenters. The van der Waals surface area contributed by atoms with E-state index in [4.69, 9.17) is 0 Å². The standard InChI is InChI=1S/C9H11NO4S/c1-5(9(14)15)6(11)4-10-7(12)2-3-8(10)13/h5H,2-4H2,1H3,(H,14,15)/p-1. The molecule has 15 heavy (non-hydrogen) atoms. The molecule has 1 unspecified atom stereocenters. The Morgan fingerprint density at radius 2 is 1.80 bits per heavy atom. The summed E-state index contributed by atoms with van der Waals surface area (Å²) < 4.78 is 0. The van der Waals surface area contributed by atoms with Crippen LogP contribution in [-0.4, -0.2) is 34.2 Å². The number of carbonyl (C=O) groups is 4. The zero-order valence-electron chi connectivity index (χ0n) is 8.19. The first kappa shape index (κ1) is 11.8. The molecular weight excluding hydrogens is 218 g/mol. The van der Waals surface area contributed by atoms with Gasteiger partial charge in [0, 0.05) is 18.0 Å². The Morgan fingerprint density at radius 3 is 2.20 bits per heavy atom. The smallest absolute Gasteiger partial charge is 0.230 e. The van der Waals surface area contributed by atoms with Crippen LogP contribution < -0.4 is 0 Å². The molecule has 5 nitrogen and oxygen atoms in total. The molecule has 0 aromatic heterocycles. The van der Waals surface area contributed by atoms with Crippen molar-refractivity contribution < 1.29 is 19.2 Å². The fraction of sp³-hybridized carbons (Fsp3) is 0.556. The van der Waals surface area contributed by atoms with Crippen molar-refractivity contribution in [2.24, 2.45) is 5.92 Å². The lowest BCUT2D eigenvalue weighted by atomic mass is 10.1. The normalized spacial score (nSPS) is 18.1. The summed E-state index contributed by atoms with van der Waals surface area (Å²) in [4.78, 5) is 45.3. The number of nitrogens with zero attached hydrogens (tertiary/aromatic N) is 1. The summed E-state index contributed by atoms with van der Waals surface area (Å²) in [5, 5.41) is -0.668. The number of imide groups is 1. The van der Waals surface area contributed by atoms with E-state index in [2.05, 4.69) is 12.6 Å². The third-order valence-corrected chi connectivity index (χ3v) is 2.66. The second-order valence-electron chi connectivity index (χ2n) is 3.38. The third-order valence-electron chi connectivity index (χ3n) is 2.31. The van der Waals surface area contributed by atoms with Crippen LogP contribution in [0.5, 0.6) is 0 Å². The third kappa shape index (κ3) is 2.59. The minimum atomic E-state index is -0.929. The van der Waals surface area contributed by atoms with E-state index in [1.165, 1.54) is 6.92 Å². The largest absolute Gasteiger partial charge is 0.741 e. The van der Waals surface area contributed by atoms with Gasteiger partial charge in [-0.3, -0.25) is 19.3 Å². The summed E-state index contributed by atoms with van der Waals surface area (Å²) in [7, 11) is 0. The lowest BCUT2D eigenvalue weighted by Gasteiger charge is -2.17. The van der Waals surface area contributed by atoms with E-state index in [0.717, 1.165) is 4.90 Å². The second kappa shape index (κ2) is 4.48. The highest BCUT2D eigenvalue weighted by molar-refractivity contribution is 7.77. The first-order chi connectivity index (χ1) is 6.93. The van der Waals surface area contributed by atoms with Gasteiger partial charge >= 0.3 is 0 Å². The van der Waals surface area contributed by atoms with Gasteiger partial charge in [-0.1, -0.05) is 6.92 Å². The minimum Gasteiger partial charge on any atom is -0.741 e. The number of likely N-dealkylation sites (tertiary alicyclic amines) is 1. The predicted molar refractivity (Wildman–Crippen MR) is 52.5 cm³/mol. The summed E-state index contributed by atoms with van der Waals surface area (Å²) in [5.41, 5.74) is 0. The molecule has 0 N–H and O–H groups in total. The van der Waals surface area contributed by atoms with Gasteiger partial charge in [0.05, 0.1) is 12.5 Å². The SMILES string of the molecule is CC(C(=O)[S-])C(=O)CN1C(=O)CCC1=O. The Morgan fingerprint density at radius 1 is 1.33 bits per heavy atom. The highest BCUT2D eigenvalue weighted by Gasteiger charge is 2.31. The van der Waals surface area contributed by atoms with Gasteiger partial charge in [-0.15, -0.1) is 0 Å². The molecule has 1 saturated heterocycles. The van der Waals surface area contributed by atoms with Gasteiger partial charge in [0.1, 0.15) is 0 Å². The zero-order valence-corrected chi connectivity index (χ0v) is 9.00. The number of ketones is 1. The van der Waals surface area contributed by atoms with Crippen LogP contribution in [0, 0.1) is 5.92 Å². The minimum absolute atomic E-state index is 0.141. The predicted octanol–water partition coefficient (Wildman–Crippen LogP) is -0.586. The lowest BCUT2D eigenvalue weighted by molar-refractivity contribution is -0.143. The Kier molecular flexibility index (Phi) is 3.52. The lowest BCUT2D eigenvalue weighted by Crippen LogP contribution is -2.37. The van der Waals surface area contributed by atoms with Crippen molar-refractivity contribution in [3.8, 4) is 0 Å². The molecule has 1 rings (SSSR count). The van der Waals surface area contributed by atoms with Crippen LogP contribution >= 0.6 is 0 Å². The van der Waals surface area contributed by atoms with Crippen LogP contribution in [0.15, 0.2) is 0 Å². The number of hydrogen-bond donors (Lipinski definition) is 0. The molecule has 0 bridgehead atoms. The van der Waals surface area contributed by atoms with Gasteiger partial charge in [-0.05, 0) is 0 Å². The summed E-state index contributed by atoms with van der Waals surface area (Å²) in [6.45, 7) is 1.05. The van der Waals surface area contributed by atoms with Crippen LogP contribution in [-0.2, 0) is 31.8 Å². The first-order valence-corrected chi connectivity index (χ1v) is 4.91. The fourth-order valence-electron chi connectivity index (χ4n) is 1.22. The number of rotatable bonds is 4. The van der Waals surface area contributed by atoms with E-state index in [-0.39, 0.29) is 31.2 Å². The van der Waals surface area contributed by atoms with Gasteiger partial charge in [0.2, 0.25) is 11.8 Å². The molecule has 0 aromatic rings. The molecule has 0 saturated carbocycles. The van der Waals surface area contributed by atoms with Crippen molar-refractivity contribution in [3.05, 3.63) is 0 Å². The average molecular weight is 228 g/mol. The maximum Gasteiger partial charge on any atom is 0.230 e. The van der Waals surface area contributed by atoms with E-state index >= 15 is 0 Å². The van der Waals surface area contributed by atoms with Crippen molar-refractivity contribution in [2.45, 2.75) is 19.8 Å². The summed E-state index contributed by atoms with van der Waals surface area (Å²) in [6, 6.07) is 0. The van der Waals surface area contributed by atoms with E-state index in [0.29, 0.717) is 0 Å². The molecule has 1 heterocycles. The Hall–Kier alpha value is -1.30. The number of amides is 2. The van der Waals surface area contributed by atoms with E-state index < -0.39 is 16.8 Å². The molecule has 0 aromatic carbocycles. The van der Waals surface area contributed by atoms with Crippen molar-refractivity contribution >= 4 is 35.3 Å². The fourth-order valence-corrected chi connectivity index (χ4v) is 1.35. The molecule has 1 aliphatic rings. The van der Waals surface area contributed by atoms with Crippen molar-refractivity contribution in [1.82, 2.24) is 4.90 Å². The number of hydrogen-bond acceptors (Lipinski definition) is 5. The molecule has 0 aliphatic carbocycles. The highest BCUT2D eigenvalue weighted by Crippen LogP contribution is 2.12. The Labute approximate surface area is 92.2 Å². The summed E-state index contributed by atoms with van der Waals surface area (Å²) >= 11 is 4.33. The summed E-state index contributed by atoms with van der Waals surface area (Å²) in [6.07, 6.45) is 0.282. The maximum atomic E-state index is 11.4. The molecule has 1 aliphatic heterocycles. The average Bonchev–Trinajstić information content (AvgIpc) is 2.47. The van der Waals surface area contributed by atoms with Crippen molar-refractivity contribution in [3.63, 3.8) is 0 Å². The number of Topliss-reactive ketones (excluding diaryl/α,β-unsaturated/α-hetero) is 1. The van der Waals surface area contributed by atoms with Gasteiger partial charge in [-0.2, -0.15) is 0 Å². The molecule has 82 valence electrons. The highest BCUT2D eigenvalue weighted by atomic mass is 32.1. The topological polar surface area (TPSA) is 71.5 Å². The quantitative estimate of drug-likeness (QED) is 0.365. The monoisotopic (exact) mass is 228 g/mol. The molecular formula is C9H10NO4S-. The van der Waals surface area contributed by atoms with Gasteiger partial charge in [-0.25, -0.2) is 0 Å². The Bertz CT molecular complexity index is 323. The van der Waals surface area contributed by atoms with Crippen molar-refractivity contribution in [2.75, 3.05) is 6.54 Å². The second-order valence-corrected chi connectivity index (χ2v) is 3.78. The van der Waals surface area contributed by atoms with E-state index in [9.17, 15) is 19.2 Å². The molecule has 0 spiro atoms. The van der Waals surface area contributed by atoms with E-state index in [1.807, 2.05) is 0 Å². The van der Waals surface area contributed by atoms with Crippen LogP contribution in [0.4, 0.5) is 0 Å². The van der Waals surface area contributed by atoms with Crippen LogP contribution in [0.3, 0.4) is 0 Å². The van der Waals surface area contributed by atoms with Gasteiger partial charge < -0.3 is 17.4 Å². The maximum absolute atomic E-state index is 11.4. The van der Waals surface area contributed by atoms with E-state index in [1.54, 1.807) is 0 Å². The molecule has 1 fully saturated rings. The first-order valence-electron chi connectivity index (χ1n) is 4.50. The van der Waals surface area contributed by atoms with Crippen molar-refractivity contribution in [1.29, 1.82) is 0 Å². The van der Waals surface area contributed by atoms with Crippen LogP contribution in [0.2, 0.25) is 0 Å².